The highest BCUT2D eigenvalue weighted by Gasteiger charge is 2.32. The number of hydrogen-bond acceptors (Lipinski definition) is 4. The third-order valence-corrected chi connectivity index (χ3v) is 3.71. The van der Waals surface area contributed by atoms with Crippen molar-refractivity contribution in [2.45, 2.75) is 32.2 Å². The largest absolute Gasteiger partial charge is 0.481 e. The van der Waals surface area contributed by atoms with Crippen LogP contribution in [0.5, 0.6) is 5.88 Å². The average Bonchev–Trinajstić information content (AvgIpc) is 3.19. The van der Waals surface area contributed by atoms with Crippen LogP contribution in [-0.2, 0) is 6.42 Å². The maximum Gasteiger partial charge on any atom is 0.216 e. The lowest BCUT2D eigenvalue weighted by Gasteiger charge is -2.23. The van der Waals surface area contributed by atoms with Crippen LogP contribution in [0, 0.1) is 11.8 Å². The van der Waals surface area contributed by atoms with Gasteiger partial charge in [-0.1, -0.05) is 6.92 Å². The van der Waals surface area contributed by atoms with E-state index in [4.69, 9.17) is 4.74 Å². The minimum absolute atomic E-state index is 0.488. The fourth-order valence-electron chi connectivity index (χ4n) is 2.33. The molecule has 1 aliphatic carbocycles. The Morgan fingerprint density at radius 3 is 2.82 bits per heavy atom. The summed E-state index contributed by atoms with van der Waals surface area (Å²) in [7, 11) is 3.66. The van der Waals surface area contributed by atoms with E-state index in [1.54, 1.807) is 13.4 Å². The first-order chi connectivity index (χ1) is 8.24. The van der Waals surface area contributed by atoms with Crippen molar-refractivity contribution in [1.29, 1.82) is 0 Å². The second-order valence-electron chi connectivity index (χ2n) is 4.85. The van der Waals surface area contributed by atoms with Crippen LogP contribution in [0.2, 0.25) is 0 Å². The molecule has 1 aromatic heterocycles. The topological polar surface area (TPSA) is 47.0 Å². The number of nitrogens with zero attached hydrogens (tertiary/aromatic N) is 2. The van der Waals surface area contributed by atoms with Crippen molar-refractivity contribution in [2.24, 2.45) is 11.8 Å². The lowest BCUT2D eigenvalue weighted by atomic mass is 9.93. The summed E-state index contributed by atoms with van der Waals surface area (Å²) < 4.78 is 5.12. The molecule has 17 heavy (non-hydrogen) atoms. The molecule has 2 atom stereocenters. The molecule has 1 heterocycles. The average molecular weight is 235 g/mol. The van der Waals surface area contributed by atoms with Gasteiger partial charge in [0.15, 0.2) is 0 Å². The number of likely N-dealkylation sites (N-methyl/N-ethyl adjacent to an activating group) is 1. The molecule has 0 bridgehead atoms. The monoisotopic (exact) mass is 235 g/mol. The van der Waals surface area contributed by atoms with E-state index in [9.17, 15) is 0 Å². The predicted octanol–water partition coefficient (Wildman–Crippen LogP) is 1.66. The SMILES string of the molecule is CNC(Cc1cc(OC)ncn1)C(C)C1CC1. The molecule has 1 aromatic rings. The minimum atomic E-state index is 0.488. The van der Waals surface area contributed by atoms with Crippen LogP contribution in [0.4, 0.5) is 0 Å². The number of aromatic nitrogens is 2. The first kappa shape index (κ1) is 12.3. The third-order valence-electron chi connectivity index (χ3n) is 3.71. The Bertz CT molecular complexity index is 365. The van der Waals surface area contributed by atoms with E-state index < -0.39 is 0 Å². The third kappa shape index (κ3) is 3.16. The number of ether oxygens (including phenoxy) is 1. The number of nitrogens with one attached hydrogen (secondary N) is 1. The zero-order valence-electron chi connectivity index (χ0n) is 10.8. The summed E-state index contributed by atoms with van der Waals surface area (Å²) in [5.74, 6) is 2.25. The zero-order chi connectivity index (χ0) is 12.3. The molecule has 0 radical (unpaired) electrons. The standard InChI is InChI=1S/C13H21N3O/c1-9(10-4-5-10)12(14-2)6-11-7-13(17-3)16-8-15-11/h7-10,12,14H,4-6H2,1-3H3. The molecule has 4 nitrogen and oxygen atoms in total. The molecule has 1 N–H and O–H groups in total. The molecule has 4 heteroatoms. The molecular weight excluding hydrogens is 214 g/mol. The van der Waals surface area contributed by atoms with Gasteiger partial charge in [-0.2, -0.15) is 0 Å². The maximum atomic E-state index is 5.12. The molecule has 2 rings (SSSR count). The summed E-state index contributed by atoms with van der Waals surface area (Å²) >= 11 is 0. The zero-order valence-corrected chi connectivity index (χ0v) is 10.8. The second-order valence-corrected chi connectivity index (χ2v) is 4.85. The molecule has 0 spiro atoms. The Morgan fingerprint density at radius 1 is 1.47 bits per heavy atom. The molecule has 2 unspecified atom stereocenters. The van der Waals surface area contributed by atoms with Crippen LogP contribution in [0.3, 0.4) is 0 Å². The van der Waals surface area contributed by atoms with Crippen molar-refractivity contribution in [3.63, 3.8) is 0 Å². The van der Waals surface area contributed by atoms with Crippen molar-refractivity contribution in [3.8, 4) is 5.88 Å². The highest BCUT2D eigenvalue weighted by molar-refractivity contribution is 5.14. The lowest BCUT2D eigenvalue weighted by Crippen LogP contribution is -2.35. The molecule has 0 aliphatic heterocycles. The van der Waals surface area contributed by atoms with Gasteiger partial charge in [0.05, 0.1) is 7.11 Å². The van der Waals surface area contributed by atoms with Crippen LogP contribution in [-0.4, -0.2) is 30.2 Å². The van der Waals surface area contributed by atoms with E-state index in [1.165, 1.54) is 12.8 Å². The molecule has 94 valence electrons. The van der Waals surface area contributed by atoms with Crippen LogP contribution >= 0.6 is 0 Å². The van der Waals surface area contributed by atoms with Gasteiger partial charge in [0.25, 0.3) is 0 Å². The summed E-state index contributed by atoms with van der Waals surface area (Å²) in [4.78, 5) is 8.34. The van der Waals surface area contributed by atoms with Gasteiger partial charge in [-0.05, 0) is 31.7 Å². The number of rotatable bonds is 6. The van der Waals surface area contributed by atoms with Crippen molar-refractivity contribution in [1.82, 2.24) is 15.3 Å². The highest BCUT2D eigenvalue weighted by Crippen LogP contribution is 2.38. The number of methoxy groups -OCH3 is 1. The van der Waals surface area contributed by atoms with E-state index in [0.717, 1.165) is 18.0 Å². The van der Waals surface area contributed by atoms with Crippen molar-refractivity contribution in [3.05, 3.63) is 18.1 Å². The van der Waals surface area contributed by atoms with Crippen molar-refractivity contribution >= 4 is 0 Å². The normalized spacial score (nSPS) is 18.8. The van der Waals surface area contributed by atoms with Gasteiger partial charge in [0, 0.05) is 24.2 Å². The van der Waals surface area contributed by atoms with Crippen LogP contribution < -0.4 is 10.1 Å². The minimum Gasteiger partial charge on any atom is -0.481 e. The summed E-state index contributed by atoms with van der Waals surface area (Å²) in [5, 5.41) is 3.41. The van der Waals surface area contributed by atoms with Gasteiger partial charge in [-0.25, -0.2) is 9.97 Å². The second kappa shape index (κ2) is 5.45. The van der Waals surface area contributed by atoms with E-state index in [0.29, 0.717) is 17.8 Å². The van der Waals surface area contributed by atoms with Crippen LogP contribution in [0.25, 0.3) is 0 Å². The van der Waals surface area contributed by atoms with E-state index >= 15 is 0 Å². The van der Waals surface area contributed by atoms with Gasteiger partial charge >= 0.3 is 0 Å². The maximum absolute atomic E-state index is 5.12. The van der Waals surface area contributed by atoms with E-state index in [2.05, 4.69) is 22.2 Å². The highest BCUT2D eigenvalue weighted by atomic mass is 16.5. The Kier molecular flexibility index (Phi) is 3.94. The Hall–Kier alpha value is -1.16. The molecule has 1 saturated carbocycles. The Labute approximate surface area is 103 Å². The predicted molar refractivity (Wildman–Crippen MR) is 67.0 cm³/mol. The van der Waals surface area contributed by atoms with Crippen molar-refractivity contribution in [2.75, 3.05) is 14.2 Å². The van der Waals surface area contributed by atoms with Crippen LogP contribution in [0.1, 0.15) is 25.5 Å². The van der Waals surface area contributed by atoms with Gasteiger partial charge in [0.2, 0.25) is 5.88 Å². The summed E-state index contributed by atoms with van der Waals surface area (Å²) in [5.41, 5.74) is 1.05. The number of hydrogen-bond donors (Lipinski definition) is 1. The molecule has 0 aromatic carbocycles. The first-order valence-electron chi connectivity index (χ1n) is 6.26. The van der Waals surface area contributed by atoms with Gasteiger partial charge in [0.1, 0.15) is 6.33 Å². The molecular formula is C13H21N3O. The van der Waals surface area contributed by atoms with Gasteiger partial charge < -0.3 is 10.1 Å². The summed E-state index contributed by atoms with van der Waals surface area (Å²) in [6, 6.07) is 2.41. The molecule has 1 fully saturated rings. The van der Waals surface area contributed by atoms with Gasteiger partial charge in [-0.3, -0.25) is 0 Å². The fraction of sp³-hybridized carbons (Fsp3) is 0.692. The Balaban J connectivity index is 2.01. The first-order valence-corrected chi connectivity index (χ1v) is 6.26. The fourth-order valence-corrected chi connectivity index (χ4v) is 2.33. The molecule has 0 saturated heterocycles. The van der Waals surface area contributed by atoms with Crippen molar-refractivity contribution < 1.29 is 4.74 Å². The Morgan fingerprint density at radius 2 is 2.24 bits per heavy atom. The molecule has 1 aliphatic rings. The smallest absolute Gasteiger partial charge is 0.216 e. The van der Waals surface area contributed by atoms with Gasteiger partial charge in [-0.15, -0.1) is 0 Å². The van der Waals surface area contributed by atoms with E-state index in [-0.39, 0.29) is 0 Å². The van der Waals surface area contributed by atoms with E-state index in [1.807, 2.05) is 13.1 Å². The van der Waals surface area contributed by atoms with Crippen LogP contribution in [0.15, 0.2) is 12.4 Å². The molecule has 0 amide bonds. The lowest BCUT2D eigenvalue weighted by molar-refractivity contribution is 0.353. The quantitative estimate of drug-likeness (QED) is 0.814. The summed E-state index contributed by atoms with van der Waals surface area (Å²) in [6.07, 6.45) is 5.27. The summed E-state index contributed by atoms with van der Waals surface area (Å²) in [6.45, 7) is 2.33.